The van der Waals surface area contributed by atoms with E-state index in [1.54, 1.807) is 37.8 Å². The number of anilines is 1. The van der Waals surface area contributed by atoms with Crippen LogP contribution in [0.1, 0.15) is 56.9 Å². The highest BCUT2D eigenvalue weighted by Crippen LogP contribution is 2.46. The summed E-state index contributed by atoms with van der Waals surface area (Å²) < 4.78 is 10.8. The van der Waals surface area contributed by atoms with Gasteiger partial charge in [-0.15, -0.1) is 0 Å². The first-order valence-electron chi connectivity index (χ1n) is 13.2. The van der Waals surface area contributed by atoms with Crippen molar-refractivity contribution >= 4 is 52.7 Å². The Morgan fingerprint density at radius 2 is 1.95 bits per heavy atom. The van der Waals surface area contributed by atoms with Crippen molar-refractivity contribution in [2.45, 2.75) is 69.9 Å². The fraction of sp³-hybridized carbons (Fsp3) is 0.536. The molecule has 2 aromatic rings. The van der Waals surface area contributed by atoms with Crippen LogP contribution in [0.4, 0.5) is 10.6 Å². The maximum absolute atomic E-state index is 13.4. The van der Waals surface area contributed by atoms with Crippen LogP contribution >= 0.6 is 34.8 Å². The summed E-state index contributed by atoms with van der Waals surface area (Å²) in [7, 11) is 1.31. The van der Waals surface area contributed by atoms with Gasteiger partial charge < -0.3 is 24.4 Å². The number of hydrogen-bond donors (Lipinski definition) is 1. The van der Waals surface area contributed by atoms with E-state index in [9.17, 15) is 20.0 Å². The molecule has 0 saturated carbocycles. The number of benzene rings is 1. The number of esters is 1. The number of aromatic hydroxyl groups is 1. The standard InChI is InChI=1S/C28H32Cl3N5O5/c1-27(2,3)41-26(39)36-11-10-35(15-17(36)7-9-32)23-22(37)21(33-25(31)34-23)14-28(24(38)40-4)8-5-6-18-19(28)12-16(29)13-20(18)30/h12-13,17,37H,5-8,10-11,14-15H2,1-4H3/t17-,28?/m0/s1. The molecule has 13 heteroatoms. The average molecular weight is 625 g/mol. The van der Waals surface area contributed by atoms with Gasteiger partial charge in [0.1, 0.15) is 5.60 Å². The molecule has 1 aromatic heterocycles. The third-order valence-electron chi connectivity index (χ3n) is 7.40. The Bertz CT molecular complexity index is 1390. The van der Waals surface area contributed by atoms with Crippen molar-refractivity contribution < 1.29 is 24.2 Å². The van der Waals surface area contributed by atoms with Crippen molar-refractivity contribution in [3.63, 3.8) is 0 Å². The second-order valence-corrected chi connectivity index (χ2v) is 12.4. The fourth-order valence-electron chi connectivity index (χ4n) is 5.63. The predicted molar refractivity (Wildman–Crippen MR) is 155 cm³/mol. The van der Waals surface area contributed by atoms with Gasteiger partial charge in [0.15, 0.2) is 11.6 Å². The van der Waals surface area contributed by atoms with Gasteiger partial charge >= 0.3 is 12.1 Å². The minimum atomic E-state index is -1.22. The normalized spacial score (nSPS) is 20.7. The van der Waals surface area contributed by atoms with Crippen LogP contribution < -0.4 is 4.90 Å². The van der Waals surface area contributed by atoms with E-state index in [-0.39, 0.29) is 55.0 Å². The van der Waals surface area contributed by atoms with Gasteiger partial charge in [0.05, 0.1) is 36.8 Å². The number of carbonyl (C=O) groups is 2. The number of halogens is 3. The van der Waals surface area contributed by atoms with Crippen LogP contribution in [-0.4, -0.2) is 70.4 Å². The van der Waals surface area contributed by atoms with Gasteiger partial charge in [-0.05, 0) is 74.9 Å². The second kappa shape index (κ2) is 12.1. The van der Waals surface area contributed by atoms with Gasteiger partial charge in [-0.25, -0.2) is 9.78 Å². The van der Waals surface area contributed by atoms with Gasteiger partial charge in [0.2, 0.25) is 5.28 Å². The Morgan fingerprint density at radius 1 is 1.22 bits per heavy atom. The second-order valence-electron chi connectivity index (χ2n) is 11.3. The summed E-state index contributed by atoms with van der Waals surface area (Å²) in [5, 5.41) is 21.6. The number of nitriles is 1. The highest BCUT2D eigenvalue weighted by atomic mass is 35.5. The highest BCUT2D eigenvalue weighted by Gasteiger charge is 2.47. The number of piperazine rings is 1. The molecule has 1 fully saturated rings. The molecule has 1 aliphatic heterocycles. The van der Waals surface area contributed by atoms with E-state index in [0.29, 0.717) is 34.9 Å². The fourth-order valence-corrected chi connectivity index (χ4v) is 6.40. The van der Waals surface area contributed by atoms with Crippen LogP contribution in [0.3, 0.4) is 0 Å². The van der Waals surface area contributed by atoms with Crippen LogP contribution in [0.25, 0.3) is 0 Å². The smallest absolute Gasteiger partial charge is 0.410 e. The number of fused-ring (bicyclic) bond motifs is 1. The molecule has 1 aromatic carbocycles. The molecule has 1 amide bonds. The number of aromatic nitrogens is 2. The van der Waals surface area contributed by atoms with Crippen molar-refractivity contribution in [2.24, 2.45) is 0 Å². The topological polar surface area (TPSA) is 129 Å². The molecular weight excluding hydrogens is 593 g/mol. The maximum atomic E-state index is 13.4. The molecular formula is C28H32Cl3N5O5. The first kappa shape index (κ1) is 30.9. The minimum Gasteiger partial charge on any atom is -0.503 e. The van der Waals surface area contributed by atoms with Crippen molar-refractivity contribution in [3.05, 3.63) is 44.3 Å². The quantitative estimate of drug-likeness (QED) is 0.340. The van der Waals surface area contributed by atoms with E-state index < -0.39 is 29.1 Å². The molecule has 220 valence electrons. The average Bonchev–Trinajstić information content (AvgIpc) is 2.89. The van der Waals surface area contributed by atoms with Crippen molar-refractivity contribution in [3.8, 4) is 11.8 Å². The lowest BCUT2D eigenvalue weighted by Crippen LogP contribution is -2.56. The maximum Gasteiger partial charge on any atom is 0.410 e. The first-order chi connectivity index (χ1) is 19.3. The van der Waals surface area contributed by atoms with E-state index in [1.165, 1.54) is 12.0 Å². The highest BCUT2D eigenvalue weighted by molar-refractivity contribution is 6.35. The van der Waals surface area contributed by atoms with E-state index in [4.69, 9.17) is 44.3 Å². The van der Waals surface area contributed by atoms with Crippen LogP contribution in [0.15, 0.2) is 12.1 Å². The van der Waals surface area contributed by atoms with E-state index in [2.05, 4.69) is 16.0 Å². The molecule has 10 nitrogen and oxygen atoms in total. The molecule has 1 saturated heterocycles. The molecule has 2 heterocycles. The zero-order valence-electron chi connectivity index (χ0n) is 23.3. The summed E-state index contributed by atoms with van der Waals surface area (Å²) in [6.45, 7) is 6.04. The number of ether oxygens (including phenoxy) is 2. The van der Waals surface area contributed by atoms with Gasteiger partial charge in [0, 0.05) is 36.1 Å². The Balaban J connectivity index is 1.71. The zero-order chi connectivity index (χ0) is 30.1. The Hall–Kier alpha value is -3.00. The molecule has 2 aliphatic rings. The number of hydrogen-bond acceptors (Lipinski definition) is 9. The van der Waals surface area contributed by atoms with E-state index in [1.807, 2.05) is 0 Å². The Morgan fingerprint density at radius 3 is 2.61 bits per heavy atom. The van der Waals surface area contributed by atoms with Gasteiger partial charge in [-0.1, -0.05) is 23.2 Å². The Kier molecular flexibility index (Phi) is 9.12. The van der Waals surface area contributed by atoms with Crippen LogP contribution in [-0.2, 0) is 32.5 Å². The largest absolute Gasteiger partial charge is 0.503 e. The third-order valence-corrected chi connectivity index (χ3v) is 8.12. The summed E-state index contributed by atoms with van der Waals surface area (Å²) in [6.07, 6.45) is 1.22. The van der Waals surface area contributed by atoms with Crippen molar-refractivity contribution in [1.29, 1.82) is 5.26 Å². The molecule has 1 N–H and O–H groups in total. The minimum absolute atomic E-state index is 0.0378. The molecule has 2 atom stereocenters. The molecule has 0 bridgehead atoms. The van der Waals surface area contributed by atoms with Gasteiger partial charge in [-0.2, -0.15) is 10.2 Å². The van der Waals surface area contributed by atoms with Crippen molar-refractivity contribution in [2.75, 3.05) is 31.6 Å². The molecule has 1 aliphatic carbocycles. The summed E-state index contributed by atoms with van der Waals surface area (Å²) in [4.78, 5) is 38.1. The first-order valence-corrected chi connectivity index (χ1v) is 14.4. The number of nitrogens with zero attached hydrogens (tertiary/aromatic N) is 5. The zero-order valence-corrected chi connectivity index (χ0v) is 25.6. The monoisotopic (exact) mass is 623 g/mol. The summed E-state index contributed by atoms with van der Waals surface area (Å²) in [6, 6.07) is 4.95. The number of amides is 1. The summed E-state index contributed by atoms with van der Waals surface area (Å²) >= 11 is 19.2. The molecule has 0 spiro atoms. The summed E-state index contributed by atoms with van der Waals surface area (Å²) in [5.41, 5.74) is -0.336. The predicted octanol–water partition coefficient (Wildman–Crippen LogP) is 5.47. The van der Waals surface area contributed by atoms with Crippen LogP contribution in [0, 0.1) is 11.3 Å². The van der Waals surface area contributed by atoms with Crippen LogP contribution in [0.2, 0.25) is 15.3 Å². The lowest BCUT2D eigenvalue weighted by molar-refractivity contribution is -0.148. The van der Waals surface area contributed by atoms with Crippen LogP contribution in [0.5, 0.6) is 5.75 Å². The molecule has 0 radical (unpaired) electrons. The lowest BCUT2D eigenvalue weighted by atomic mass is 9.67. The number of rotatable bonds is 5. The lowest BCUT2D eigenvalue weighted by Gasteiger charge is -2.41. The summed E-state index contributed by atoms with van der Waals surface area (Å²) in [5.74, 6) is -0.612. The van der Waals surface area contributed by atoms with E-state index >= 15 is 0 Å². The van der Waals surface area contributed by atoms with E-state index in [0.717, 1.165) is 5.56 Å². The third kappa shape index (κ3) is 6.42. The SMILES string of the molecule is COC(=O)C1(Cc2nc(Cl)nc(N3CCN(C(=O)OC(C)(C)C)[C@@H](CC#N)C3)c2O)CCCc2c(Cl)cc(Cl)cc21. The molecule has 4 rings (SSSR count). The molecule has 41 heavy (non-hydrogen) atoms. The van der Waals surface area contributed by atoms with Gasteiger partial charge in [0.25, 0.3) is 0 Å². The molecule has 1 unspecified atom stereocenters. The number of methoxy groups -OCH3 is 1. The number of carbonyl (C=O) groups excluding carboxylic acids is 2. The Labute approximate surface area is 254 Å². The van der Waals surface area contributed by atoms with Crippen molar-refractivity contribution in [1.82, 2.24) is 14.9 Å². The van der Waals surface area contributed by atoms with Gasteiger partial charge in [-0.3, -0.25) is 4.79 Å².